The van der Waals surface area contributed by atoms with Gasteiger partial charge in [0.25, 0.3) is 0 Å². The normalized spacial score (nSPS) is 6.50. The number of aryl methyl sites for hydroxylation is 1. The third kappa shape index (κ3) is 4.09. The predicted molar refractivity (Wildman–Crippen MR) is 31.7 cm³/mol. The number of aromatic nitrogens is 4. The first-order valence-electron chi connectivity index (χ1n) is 1.70. The summed E-state index contributed by atoms with van der Waals surface area (Å²) in [6, 6.07) is 0. The van der Waals surface area contributed by atoms with Crippen LogP contribution in [0.5, 0.6) is 0 Å². The van der Waals surface area contributed by atoms with Gasteiger partial charge in [0.05, 0.1) is 0 Å². The van der Waals surface area contributed by atoms with Gasteiger partial charge in [-0.05, 0) is 10.4 Å². The van der Waals surface area contributed by atoms with Crippen molar-refractivity contribution < 1.29 is 40.5 Å². The average molecular weight is 174 g/mol. The largest absolute Gasteiger partial charge is 1.00 e. The van der Waals surface area contributed by atoms with E-state index >= 15 is 0 Å². The third-order valence-electron chi connectivity index (χ3n) is 0.581. The van der Waals surface area contributed by atoms with Gasteiger partial charge in [0, 0.05) is 12.2 Å². The Labute approximate surface area is 85.3 Å². The summed E-state index contributed by atoms with van der Waals surface area (Å²) in [4.78, 5) is 0. The third-order valence-corrected chi connectivity index (χ3v) is 0.927. The predicted octanol–water partition coefficient (Wildman–Crippen LogP) is -5.53. The molecule has 0 spiro atoms. The van der Waals surface area contributed by atoms with E-state index in [1.165, 1.54) is 4.68 Å². The van der Waals surface area contributed by atoms with Crippen molar-refractivity contribution in [1.29, 1.82) is 0 Å². The second-order valence-corrected chi connectivity index (χ2v) is 1.45. The van der Waals surface area contributed by atoms with Crippen LogP contribution in [0.1, 0.15) is 0 Å². The van der Waals surface area contributed by atoms with Crippen LogP contribution in [0, 0.1) is 0 Å². The first-order chi connectivity index (χ1) is 3.30. The van der Waals surface area contributed by atoms with Crippen molar-refractivity contribution in [3.05, 3.63) is 0 Å². The molecule has 54 valence electrons. The topological polar surface area (TPSA) is 107 Å². The van der Waals surface area contributed by atoms with E-state index in [1.54, 1.807) is 7.05 Å². The Morgan fingerprint density at radius 1 is 1.40 bits per heavy atom. The summed E-state index contributed by atoms with van der Waals surface area (Å²) in [5, 5.41) is 10.6. The molecule has 0 aromatic carbocycles. The molecule has 0 fully saturated rings. The Balaban J connectivity index is -0.000000163. The van der Waals surface area contributed by atoms with Crippen LogP contribution in [0.4, 0.5) is 0 Å². The first kappa shape index (κ1) is 16.7. The van der Waals surface area contributed by atoms with Crippen LogP contribution in [-0.4, -0.2) is 31.2 Å². The van der Waals surface area contributed by atoms with Crippen LogP contribution in [-0.2, 0) is 19.7 Å². The molecular weight excluding hydrogens is 167 g/mol. The standard InChI is InChI=1S/C2H4N4S.Na.2H2O/c1-6-2(7)3-4-5-6;;;/h1H3,(H,3,5,7);;2*1H2/q;+1;;/p-1. The van der Waals surface area contributed by atoms with Crippen LogP contribution in [0.25, 0.3) is 0 Å². The van der Waals surface area contributed by atoms with Gasteiger partial charge in [-0.2, -0.15) is 0 Å². The van der Waals surface area contributed by atoms with Crippen molar-refractivity contribution in [1.82, 2.24) is 20.2 Å². The summed E-state index contributed by atoms with van der Waals surface area (Å²) in [6.07, 6.45) is 0. The van der Waals surface area contributed by atoms with Crippen molar-refractivity contribution in [2.75, 3.05) is 0 Å². The average Bonchev–Trinajstić information content (AvgIpc) is 1.91. The van der Waals surface area contributed by atoms with E-state index in [9.17, 15) is 0 Å². The van der Waals surface area contributed by atoms with Gasteiger partial charge in [-0.25, -0.2) is 0 Å². The summed E-state index contributed by atoms with van der Waals surface area (Å²) < 4.78 is 1.43. The maximum atomic E-state index is 4.61. The molecule has 0 amide bonds. The zero-order chi connectivity index (χ0) is 5.28. The molecule has 1 aromatic rings. The molecule has 1 aromatic heterocycles. The van der Waals surface area contributed by atoms with Crippen LogP contribution in [0.3, 0.4) is 0 Å². The maximum absolute atomic E-state index is 4.61. The van der Waals surface area contributed by atoms with Gasteiger partial charge >= 0.3 is 29.6 Å². The van der Waals surface area contributed by atoms with Gasteiger partial charge in [0.2, 0.25) is 0 Å². The summed E-state index contributed by atoms with van der Waals surface area (Å²) >= 11 is 4.61. The molecule has 0 aliphatic carbocycles. The Morgan fingerprint density at radius 2 is 1.90 bits per heavy atom. The van der Waals surface area contributed by atoms with Gasteiger partial charge in [-0.1, -0.05) is 0 Å². The second kappa shape index (κ2) is 7.32. The minimum absolute atomic E-state index is 0. The Hall–Kier alpha value is 0.210. The molecule has 0 atom stereocenters. The van der Waals surface area contributed by atoms with E-state index < -0.39 is 0 Å². The van der Waals surface area contributed by atoms with E-state index in [2.05, 4.69) is 28.2 Å². The molecule has 6 nitrogen and oxygen atoms in total. The van der Waals surface area contributed by atoms with Crippen LogP contribution in [0.15, 0.2) is 5.16 Å². The fourth-order valence-corrected chi connectivity index (χ4v) is 0.294. The van der Waals surface area contributed by atoms with Crippen molar-refractivity contribution in [3.8, 4) is 0 Å². The van der Waals surface area contributed by atoms with E-state index in [-0.39, 0.29) is 40.5 Å². The summed E-state index contributed by atoms with van der Waals surface area (Å²) in [5.41, 5.74) is 0. The van der Waals surface area contributed by atoms with Crippen molar-refractivity contribution in [3.63, 3.8) is 0 Å². The number of hydrogen-bond acceptors (Lipinski definition) is 4. The van der Waals surface area contributed by atoms with Crippen molar-refractivity contribution in [2.24, 2.45) is 7.05 Å². The molecule has 10 heavy (non-hydrogen) atoms. The maximum Gasteiger partial charge on any atom is 1.00 e. The molecule has 0 unspecified atom stereocenters. The first-order valence-corrected chi connectivity index (χ1v) is 2.11. The van der Waals surface area contributed by atoms with Gasteiger partial charge in [0.15, 0.2) is 0 Å². The molecule has 0 saturated heterocycles. The van der Waals surface area contributed by atoms with E-state index in [1.807, 2.05) is 0 Å². The van der Waals surface area contributed by atoms with Crippen molar-refractivity contribution in [2.45, 2.75) is 5.16 Å². The molecule has 0 bridgehead atoms. The van der Waals surface area contributed by atoms with E-state index in [0.29, 0.717) is 5.16 Å². The van der Waals surface area contributed by atoms with Gasteiger partial charge in [-0.15, -0.1) is 5.10 Å². The van der Waals surface area contributed by atoms with Crippen molar-refractivity contribution >= 4 is 12.6 Å². The molecule has 0 aliphatic rings. The Bertz CT molecular complexity index is 154. The molecule has 1 heterocycles. The Morgan fingerprint density at radius 3 is 2.00 bits per heavy atom. The van der Waals surface area contributed by atoms with Gasteiger partial charge < -0.3 is 23.6 Å². The SMILES string of the molecule is Cn1nnnc1[S-].O.O.[Na+]. The molecule has 8 heteroatoms. The molecular formula is C2H7N4NaO2S. The number of hydrogen-bond donors (Lipinski definition) is 0. The molecule has 0 radical (unpaired) electrons. The fraction of sp³-hybridized carbons (Fsp3) is 0.500. The minimum atomic E-state index is 0. The zero-order valence-electron chi connectivity index (χ0n) is 5.70. The van der Waals surface area contributed by atoms with Crippen LogP contribution < -0.4 is 29.6 Å². The number of rotatable bonds is 0. The monoisotopic (exact) mass is 174 g/mol. The quantitative estimate of drug-likeness (QED) is 0.289. The van der Waals surface area contributed by atoms with Gasteiger partial charge in [-0.3, -0.25) is 4.68 Å². The smallest absolute Gasteiger partial charge is 0.739 e. The zero-order valence-corrected chi connectivity index (χ0v) is 8.51. The number of tetrazole rings is 1. The number of nitrogens with zero attached hydrogens (tertiary/aromatic N) is 4. The van der Waals surface area contributed by atoms with E-state index in [0.717, 1.165) is 0 Å². The second-order valence-electron chi connectivity index (χ2n) is 1.09. The molecule has 0 aliphatic heterocycles. The van der Waals surface area contributed by atoms with E-state index in [4.69, 9.17) is 0 Å². The minimum Gasteiger partial charge on any atom is -0.739 e. The fourth-order valence-electron chi connectivity index (χ4n) is 0.221. The Kier molecular flexibility index (Phi) is 12.2. The summed E-state index contributed by atoms with van der Waals surface area (Å²) in [7, 11) is 1.70. The van der Waals surface area contributed by atoms with Gasteiger partial charge in [0.1, 0.15) is 0 Å². The summed E-state index contributed by atoms with van der Waals surface area (Å²) in [5.74, 6) is 0. The van der Waals surface area contributed by atoms with Crippen LogP contribution in [0.2, 0.25) is 0 Å². The molecule has 1 rings (SSSR count). The molecule has 0 saturated carbocycles. The summed E-state index contributed by atoms with van der Waals surface area (Å²) in [6.45, 7) is 0. The van der Waals surface area contributed by atoms with Crippen LogP contribution >= 0.6 is 0 Å². The molecule has 4 N–H and O–H groups in total.